The SMILES string of the molecule is Cc1ccccc1C.Cc1cnncc1C. The molecule has 1 heterocycles. The van der Waals surface area contributed by atoms with Crippen LogP contribution in [-0.2, 0) is 0 Å². The number of nitrogens with zero attached hydrogens (tertiary/aromatic N) is 2. The second-order valence-corrected chi connectivity index (χ2v) is 3.94. The Bertz CT molecular complexity index is 364. The lowest BCUT2D eigenvalue weighted by Crippen LogP contribution is -1.84. The lowest BCUT2D eigenvalue weighted by Gasteiger charge is -1.93. The summed E-state index contributed by atoms with van der Waals surface area (Å²) in [6, 6.07) is 8.36. The maximum Gasteiger partial charge on any atom is 0.0528 e. The van der Waals surface area contributed by atoms with Crippen molar-refractivity contribution in [3.05, 3.63) is 58.9 Å². The van der Waals surface area contributed by atoms with E-state index in [0.29, 0.717) is 0 Å². The molecule has 0 N–H and O–H groups in total. The van der Waals surface area contributed by atoms with E-state index < -0.39 is 0 Å². The van der Waals surface area contributed by atoms with Gasteiger partial charge in [-0.05, 0) is 49.9 Å². The van der Waals surface area contributed by atoms with Crippen molar-refractivity contribution in [1.29, 1.82) is 0 Å². The van der Waals surface area contributed by atoms with Gasteiger partial charge in [0.05, 0.1) is 12.4 Å². The molecule has 2 nitrogen and oxygen atoms in total. The molecule has 0 amide bonds. The molecular formula is C14H18N2. The molecule has 0 saturated heterocycles. The highest BCUT2D eigenvalue weighted by Crippen LogP contribution is 2.02. The van der Waals surface area contributed by atoms with Gasteiger partial charge in [0.25, 0.3) is 0 Å². The van der Waals surface area contributed by atoms with Gasteiger partial charge in [-0.25, -0.2) is 0 Å². The third-order valence-electron chi connectivity index (χ3n) is 2.62. The highest BCUT2D eigenvalue weighted by atomic mass is 15.1. The average molecular weight is 214 g/mol. The van der Waals surface area contributed by atoms with E-state index in [1.807, 2.05) is 13.8 Å². The lowest BCUT2D eigenvalue weighted by atomic mass is 10.1. The van der Waals surface area contributed by atoms with Gasteiger partial charge in [0.2, 0.25) is 0 Å². The molecule has 0 saturated carbocycles. The summed E-state index contributed by atoms with van der Waals surface area (Å²) in [5.41, 5.74) is 5.13. The van der Waals surface area contributed by atoms with Crippen LogP contribution in [0.5, 0.6) is 0 Å². The summed E-state index contributed by atoms with van der Waals surface area (Å²) in [4.78, 5) is 0. The van der Waals surface area contributed by atoms with Crippen LogP contribution in [0.2, 0.25) is 0 Å². The normalized spacial score (nSPS) is 9.25. The van der Waals surface area contributed by atoms with Crippen LogP contribution in [0.25, 0.3) is 0 Å². The summed E-state index contributed by atoms with van der Waals surface area (Å²) in [6.07, 6.45) is 3.52. The Hall–Kier alpha value is -1.70. The summed E-state index contributed by atoms with van der Waals surface area (Å²) in [6.45, 7) is 8.28. The Kier molecular flexibility index (Phi) is 4.65. The third kappa shape index (κ3) is 3.81. The van der Waals surface area contributed by atoms with E-state index in [1.54, 1.807) is 12.4 Å². The first kappa shape index (κ1) is 12.4. The summed E-state index contributed by atoms with van der Waals surface area (Å²) >= 11 is 0. The van der Waals surface area contributed by atoms with E-state index >= 15 is 0 Å². The predicted molar refractivity (Wildman–Crippen MR) is 67.4 cm³/mol. The Balaban J connectivity index is 0.000000160. The minimum Gasteiger partial charge on any atom is -0.159 e. The number of aryl methyl sites for hydroxylation is 4. The summed E-state index contributed by atoms with van der Waals surface area (Å²) in [7, 11) is 0. The highest BCUT2D eigenvalue weighted by molar-refractivity contribution is 5.23. The maximum absolute atomic E-state index is 3.70. The van der Waals surface area contributed by atoms with Crippen molar-refractivity contribution in [3.8, 4) is 0 Å². The van der Waals surface area contributed by atoms with Crippen molar-refractivity contribution in [2.75, 3.05) is 0 Å². The number of aromatic nitrogens is 2. The molecule has 2 aromatic rings. The van der Waals surface area contributed by atoms with Crippen LogP contribution < -0.4 is 0 Å². The summed E-state index contributed by atoms with van der Waals surface area (Å²) in [5.74, 6) is 0. The quantitative estimate of drug-likeness (QED) is 0.671. The van der Waals surface area contributed by atoms with Gasteiger partial charge in [0.1, 0.15) is 0 Å². The first-order valence-corrected chi connectivity index (χ1v) is 5.37. The average Bonchev–Trinajstić information content (AvgIpc) is 2.28. The fraction of sp³-hybridized carbons (Fsp3) is 0.286. The number of hydrogen-bond donors (Lipinski definition) is 0. The number of hydrogen-bond acceptors (Lipinski definition) is 2. The second kappa shape index (κ2) is 6.01. The molecule has 0 aliphatic heterocycles. The van der Waals surface area contributed by atoms with Crippen LogP contribution in [0.4, 0.5) is 0 Å². The van der Waals surface area contributed by atoms with Crippen LogP contribution in [-0.4, -0.2) is 10.2 Å². The molecule has 0 atom stereocenters. The van der Waals surface area contributed by atoms with Crippen LogP contribution in [0, 0.1) is 27.7 Å². The largest absolute Gasteiger partial charge is 0.159 e. The molecule has 0 radical (unpaired) electrons. The first-order valence-electron chi connectivity index (χ1n) is 5.37. The Morgan fingerprint density at radius 2 is 1.00 bits per heavy atom. The van der Waals surface area contributed by atoms with Crippen LogP contribution in [0.1, 0.15) is 22.3 Å². The first-order chi connectivity index (χ1) is 7.61. The predicted octanol–water partition coefficient (Wildman–Crippen LogP) is 3.40. The van der Waals surface area contributed by atoms with Gasteiger partial charge in [0.15, 0.2) is 0 Å². The molecule has 2 rings (SSSR count). The van der Waals surface area contributed by atoms with Gasteiger partial charge in [-0.1, -0.05) is 24.3 Å². The van der Waals surface area contributed by atoms with Gasteiger partial charge < -0.3 is 0 Å². The summed E-state index contributed by atoms with van der Waals surface area (Å²) in [5, 5.41) is 7.39. The Morgan fingerprint density at radius 3 is 1.25 bits per heavy atom. The van der Waals surface area contributed by atoms with Crippen molar-refractivity contribution >= 4 is 0 Å². The maximum atomic E-state index is 3.70. The zero-order valence-corrected chi connectivity index (χ0v) is 10.4. The van der Waals surface area contributed by atoms with Crippen molar-refractivity contribution in [2.45, 2.75) is 27.7 Å². The monoisotopic (exact) mass is 214 g/mol. The van der Waals surface area contributed by atoms with Crippen molar-refractivity contribution < 1.29 is 0 Å². The van der Waals surface area contributed by atoms with Crippen molar-refractivity contribution in [1.82, 2.24) is 10.2 Å². The molecular weight excluding hydrogens is 196 g/mol. The second-order valence-electron chi connectivity index (χ2n) is 3.94. The van der Waals surface area contributed by atoms with Crippen molar-refractivity contribution in [3.63, 3.8) is 0 Å². The Morgan fingerprint density at radius 1 is 0.625 bits per heavy atom. The fourth-order valence-electron chi connectivity index (χ4n) is 1.11. The standard InChI is InChI=1S/C8H10.C6H8N2/c1-7-5-3-4-6-8(7)2;1-5-3-7-8-4-6(5)2/h3-6H,1-2H3;3-4H,1-2H3. The van der Waals surface area contributed by atoms with Crippen molar-refractivity contribution in [2.24, 2.45) is 0 Å². The van der Waals surface area contributed by atoms with E-state index in [-0.39, 0.29) is 0 Å². The minimum absolute atomic E-state index is 1.19. The molecule has 0 spiro atoms. The van der Waals surface area contributed by atoms with Gasteiger partial charge in [-0.15, -0.1) is 0 Å². The van der Waals surface area contributed by atoms with Crippen LogP contribution in [0.15, 0.2) is 36.7 Å². The van der Waals surface area contributed by atoms with Crippen LogP contribution >= 0.6 is 0 Å². The summed E-state index contributed by atoms with van der Waals surface area (Å²) < 4.78 is 0. The van der Waals surface area contributed by atoms with Gasteiger partial charge in [-0.2, -0.15) is 10.2 Å². The molecule has 16 heavy (non-hydrogen) atoms. The molecule has 84 valence electrons. The molecule has 1 aromatic heterocycles. The van der Waals surface area contributed by atoms with Crippen LogP contribution in [0.3, 0.4) is 0 Å². The van der Waals surface area contributed by atoms with Gasteiger partial charge in [0, 0.05) is 0 Å². The zero-order valence-electron chi connectivity index (χ0n) is 10.4. The number of rotatable bonds is 0. The topological polar surface area (TPSA) is 25.8 Å². The molecule has 0 aliphatic carbocycles. The van der Waals surface area contributed by atoms with E-state index in [1.165, 1.54) is 22.3 Å². The zero-order chi connectivity index (χ0) is 12.0. The molecule has 0 bridgehead atoms. The van der Waals surface area contributed by atoms with E-state index in [9.17, 15) is 0 Å². The highest BCUT2D eigenvalue weighted by Gasteiger charge is 1.86. The molecule has 2 heteroatoms. The van der Waals surface area contributed by atoms with E-state index in [0.717, 1.165) is 0 Å². The molecule has 0 fully saturated rings. The third-order valence-corrected chi connectivity index (χ3v) is 2.62. The minimum atomic E-state index is 1.19. The molecule has 0 aliphatic rings. The van der Waals surface area contributed by atoms with E-state index in [2.05, 4.69) is 48.3 Å². The lowest BCUT2D eigenvalue weighted by molar-refractivity contribution is 0.995. The van der Waals surface area contributed by atoms with Gasteiger partial charge in [-0.3, -0.25) is 0 Å². The Labute approximate surface area is 97.4 Å². The number of benzene rings is 1. The van der Waals surface area contributed by atoms with Gasteiger partial charge >= 0.3 is 0 Å². The molecule has 0 unspecified atom stereocenters. The molecule has 1 aromatic carbocycles. The van der Waals surface area contributed by atoms with E-state index in [4.69, 9.17) is 0 Å². The smallest absolute Gasteiger partial charge is 0.0528 e. The fourth-order valence-corrected chi connectivity index (χ4v) is 1.11.